The number of benzene rings is 2. The van der Waals surface area contributed by atoms with Gasteiger partial charge in [0.05, 0.1) is 16.5 Å². The Balaban J connectivity index is 2.31. The summed E-state index contributed by atoms with van der Waals surface area (Å²) in [6, 6.07) is 8.08. The van der Waals surface area contributed by atoms with E-state index in [1.165, 1.54) is 12.1 Å². The molecule has 0 saturated heterocycles. The number of ether oxygens (including phenoxy) is 1. The number of halogens is 3. The summed E-state index contributed by atoms with van der Waals surface area (Å²) in [5.41, 5.74) is 6.78. The minimum absolute atomic E-state index is 0.160. The fourth-order valence-corrected chi connectivity index (χ4v) is 2.64. The second-order valence-corrected chi connectivity index (χ2v) is 5.91. The predicted molar refractivity (Wildman–Crippen MR) is 86.4 cm³/mol. The van der Waals surface area contributed by atoms with Gasteiger partial charge in [-0.25, -0.2) is 0 Å². The first kappa shape index (κ1) is 15.9. The molecule has 0 unspecified atom stereocenters. The Hall–Kier alpha value is -1.43. The van der Waals surface area contributed by atoms with Gasteiger partial charge >= 0.3 is 5.97 Å². The average molecular weight is 391 g/mol. The van der Waals surface area contributed by atoms with Gasteiger partial charge in [0.1, 0.15) is 5.75 Å². The van der Waals surface area contributed by atoms with Crippen LogP contribution in [0.15, 0.2) is 34.8 Å². The Morgan fingerprint density at radius 1 is 1.24 bits per heavy atom. The van der Waals surface area contributed by atoms with Gasteiger partial charge in [-0.3, -0.25) is 4.79 Å². The zero-order valence-electron chi connectivity index (χ0n) is 10.6. The number of nitrogen functional groups attached to an aromatic ring is 1. The Kier molecular flexibility index (Phi) is 4.98. The molecule has 0 aliphatic carbocycles. The highest BCUT2D eigenvalue weighted by Crippen LogP contribution is 2.38. The van der Waals surface area contributed by atoms with Crippen LogP contribution in [0.2, 0.25) is 10.0 Å². The fraction of sp³-hybridized carbons (Fsp3) is 0.0714. The van der Waals surface area contributed by atoms with Gasteiger partial charge in [0.15, 0.2) is 5.75 Å². The number of aliphatic carboxylic acids is 1. The molecule has 0 aliphatic rings. The quantitative estimate of drug-likeness (QED) is 0.738. The van der Waals surface area contributed by atoms with Crippen molar-refractivity contribution in [1.29, 1.82) is 0 Å². The van der Waals surface area contributed by atoms with Crippen molar-refractivity contribution in [2.45, 2.75) is 6.42 Å². The molecule has 0 radical (unpaired) electrons. The Labute approximate surface area is 139 Å². The summed E-state index contributed by atoms with van der Waals surface area (Å²) in [5.74, 6) is -0.187. The van der Waals surface area contributed by atoms with Crippen LogP contribution in [-0.2, 0) is 11.2 Å². The van der Waals surface area contributed by atoms with Crippen molar-refractivity contribution in [3.63, 3.8) is 0 Å². The first-order valence-corrected chi connectivity index (χ1v) is 7.34. The highest BCUT2D eigenvalue weighted by molar-refractivity contribution is 9.10. The van der Waals surface area contributed by atoms with Gasteiger partial charge in [0.25, 0.3) is 0 Å². The number of rotatable bonds is 4. The third-order valence-electron chi connectivity index (χ3n) is 2.61. The van der Waals surface area contributed by atoms with Crippen LogP contribution in [0.1, 0.15) is 5.56 Å². The highest BCUT2D eigenvalue weighted by atomic mass is 79.9. The summed E-state index contributed by atoms with van der Waals surface area (Å²) < 4.78 is 6.33. The molecule has 0 aromatic heterocycles. The molecule has 0 bridgehead atoms. The van der Waals surface area contributed by atoms with Gasteiger partial charge in [0.2, 0.25) is 0 Å². The highest BCUT2D eigenvalue weighted by Gasteiger charge is 2.13. The van der Waals surface area contributed by atoms with E-state index in [0.717, 1.165) is 0 Å². The van der Waals surface area contributed by atoms with Gasteiger partial charge < -0.3 is 15.6 Å². The molecule has 110 valence electrons. The number of hydrogen-bond donors (Lipinski definition) is 2. The zero-order chi connectivity index (χ0) is 15.6. The van der Waals surface area contributed by atoms with Gasteiger partial charge in [-0.15, -0.1) is 0 Å². The molecule has 0 heterocycles. The second kappa shape index (κ2) is 6.56. The molecule has 0 spiro atoms. The van der Waals surface area contributed by atoms with E-state index < -0.39 is 5.97 Å². The standard InChI is InChI=1S/C14H10BrCl2NO3/c15-9-6-8(1-2-12(9)18)21-14-10(16)3-7(4-11(14)17)5-13(19)20/h1-4,6H,5,18H2,(H,19,20). The molecule has 4 nitrogen and oxygen atoms in total. The minimum Gasteiger partial charge on any atom is -0.481 e. The number of carboxylic acids is 1. The lowest BCUT2D eigenvalue weighted by molar-refractivity contribution is -0.136. The van der Waals surface area contributed by atoms with Crippen molar-refractivity contribution >= 4 is 50.8 Å². The third kappa shape index (κ3) is 4.03. The van der Waals surface area contributed by atoms with Crippen LogP contribution in [0.5, 0.6) is 11.5 Å². The van der Waals surface area contributed by atoms with E-state index in [4.69, 9.17) is 38.8 Å². The lowest BCUT2D eigenvalue weighted by Gasteiger charge is -2.12. The van der Waals surface area contributed by atoms with Crippen LogP contribution in [0.25, 0.3) is 0 Å². The fourth-order valence-electron chi connectivity index (χ4n) is 1.68. The number of hydrogen-bond acceptors (Lipinski definition) is 3. The number of anilines is 1. The molecular formula is C14H10BrCl2NO3. The molecule has 0 fully saturated rings. The van der Waals surface area contributed by atoms with Crippen molar-refractivity contribution < 1.29 is 14.6 Å². The monoisotopic (exact) mass is 389 g/mol. The first-order valence-electron chi connectivity index (χ1n) is 5.79. The number of nitrogens with two attached hydrogens (primary N) is 1. The molecule has 0 amide bonds. The van der Waals surface area contributed by atoms with E-state index in [-0.39, 0.29) is 22.2 Å². The normalized spacial score (nSPS) is 10.4. The second-order valence-electron chi connectivity index (χ2n) is 4.24. The zero-order valence-corrected chi connectivity index (χ0v) is 13.7. The molecule has 3 N–H and O–H groups in total. The summed E-state index contributed by atoms with van der Waals surface area (Å²) in [5, 5.41) is 9.26. The maximum absolute atomic E-state index is 10.7. The van der Waals surface area contributed by atoms with Gasteiger partial charge in [0, 0.05) is 10.2 Å². The van der Waals surface area contributed by atoms with E-state index in [1.54, 1.807) is 18.2 Å². The van der Waals surface area contributed by atoms with Crippen LogP contribution in [0.3, 0.4) is 0 Å². The van der Waals surface area contributed by atoms with Gasteiger partial charge in [-0.1, -0.05) is 23.2 Å². The van der Waals surface area contributed by atoms with Gasteiger partial charge in [-0.2, -0.15) is 0 Å². The maximum Gasteiger partial charge on any atom is 0.307 e. The molecular weight excluding hydrogens is 381 g/mol. The lowest BCUT2D eigenvalue weighted by atomic mass is 10.1. The van der Waals surface area contributed by atoms with Crippen LogP contribution in [0.4, 0.5) is 5.69 Å². The Morgan fingerprint density at radius 2 is 1.86 bits per heavy atom. The Bertz CT molecular complexity index is 684. The molecule has 0 saturated carbocycles. The number of carboxylic acid groups (broad SMARTS) is 1. The largest absolute Gasteiger partial charge is 0.481 e. The van der Waals surface area contributed by atoms with Crippen molar-refractivity contribution in [2.24, 2.45) is 0 Å². The summed E-state index contributed by atoms with van der Waals surface area (Å²) in [7, 11) is 0. The van der Waals surface area contributed by atoms with E-state index in [0.29, 0.717) is 21.5 Å². The van der Waals surface area contributed by atoms with Crippen LogP contribution >= 0.6 is 39.1 Å². The van der Waals surface area contributed by atoms with Crippen LogP contribution in [0, 0.1) is 0 Å². The number of carbonyl (C=O) groups is 1. The van der Waals surface area contributed by atoms with Crippen molar-refractivity contribution in [2.75, 3.05) is 5.73 Å². The molecule has 0 atom stereocenters. The summed E-state index contributed by atoms with van der Waals surface area (Å²) >= 11 is 15.5. The van der Waals surface area contributed by atoms with E-state index in [1.807, 2.05) is 0 Å². The van der Waals surface area contributed by atoms with E-state index in [2.05, 4.69) is 15.9 Å². The van der Waals surface area contributed by atoms with E-state index in [9.17, 15) is 4.79 Å². The van der Waals surface area contributed by atoms with Gasteiger partial charge in [-0.05, 0) is 51.8 Å². The predicted octanol–water partition coefficient (Wildman–Crippen LogP) is 4.76. The molecule has 21 heavy (non-hydrogen) atoms. The third-order valence-corrected chi connectivity index (χ3v) is 3.85. The smallest absolute Gasteiger partial charge is 0.307 e. The minimum atomic E-state index is -0.960. The topological polar surface area (TPSA) is 72.5 Å². The SMILES string of the molecule is Nc1ccc(Oc2c(Cl)cc(CC(=O)O)cc2Cl)cc1Br. The van der Waals surface area contributed by atoms with Crippen molar-refractivity contribution in [1.82, 2.24) is 0 Å². The summed E-state index contributed by atoms with van der Waals surface area (Å²) in [6.07, 6.45) is -0.160. The van der Waals surface area contributed by atoms with Crippen LogP contribution < -0.4 is 10.5 Å². The maximum atomic E-state index is 10.7. The molecule has 7 heteroatoms. The summed E-state index contributed by atoms with van der Waals surface area (Å²) in [4.78, 5) is 10.7. The Morgan fingerprint density at radius 3 is 2.38 bits per heavy atom. The van der Waals surface area contributed by atoms with Crippen molar-refractivity contribution in [3.8, 4) is 11.5 Å². The van der Waals surface area contributed by atoms with Crippen molar-refractivity contribution in [3.05, 3.63) is 50.4 Å². The molecule has 2 aromatic carbocycles. The molecule has 2 aromatic rings. The van der Waals surface area contributed by atoms with E-state index >= 15 is 0 Å². The van der Waals surface area contributed by atoms with Crippen LogP contribution in [-0.4, -0.2) is 11.1 Å². The molecule has 0 aliphatic heterocycles. The lowest BCUT2D eigenvalue weighted by Crippen LogP contribution is -2.00. The average Bonchev–Trinajstić information content (AvgIpc) is 2.37. The molecule has 2 rings (SSSR count). The first-order chi connectivity index (χ1) is 9.86. The summed E-state index contributed by atoms with van der Waals surface area (Å²) in [6.45, 7) is 0.